The van der Waals surface area contributed by atoms with Crippen LogP contribution >= 0.6 is 0 Å². The minimum absolute atomic E-state index is 0.0536. The number of hydrogen-bond acceptors (Lipinski definition) is 6. The van der Waals surface area contributed by atoms with Crippen LogP contribution in [0.15, 0.2) is 53.4 Å². The molecule has 0 bridgehead atoms. The summed E-state index contributed by atoms with van der Waals surface area (Å²) in [5, 5.41) is 0.881. The molecule has 3 rings (SSSR count). The molecule has 0 aliphatic carbocycles. The molecule has 0 N–H and O–H groups in total. The summed E-state index contributed by atoms with van der Waals surface area (Å²) in [5.74, 6) is 0.0408. The maximum Gasteiger partial charge on any atom is 0.340 e. The van der Waals surface area contributed by atoms with Crippen molar-refractivity contribution in [3.63, 3.8) is 0 Å². The summed E-state index contributed by atoms with van der Waals surface area (Å²) >= 11 is 0. The van der Waals surface area contributed by atoms with Crippen LogP contribution in [0, 0.1) is 6.92 Å². The maximum atomic E-state index is 12.5. The Morgan fingerprint density at radius 1 is 1.07 bits per heavy atom. The number of ether oxygens (including phenoxy) is 2. The number of aryl methyl sites for hydroxylation is 1. The predicted molar refractivity (Wildman–Crippen MR) is 106 cm³/mol. The molecule has 0 amide bonds. The van der Waals surface area contributed by atoms with Gasteiger partial charge in [-0.3, -0.25) is 0 Å². The molecule has 28 heavy (non-hydrogen) atoms. The van der Waals surface area contributed by atoms with Crippen molar-refractivity contribution >= 4 is 26.7 Å². The van der Waals surface area contributed by atoms with Crippen molar-refractivity contribution in [2.24, 2.45) is 0 Å². The number of nitrogens with zero attached hydrogens (tertiary/aromatic N) is 1. The van der Waals surface area contributed by atoms with E-state index in [9.17, 15) is 13.2 Å². The first-order chi connectivity index (χ1) is 13.3. The number of benzene rings is 2. The number of rotatable bonds is 6. The number of carbonyl (C=O) groups excluding carboxylic acids is 1. The molecule has 1 aromatic heterocycles. The van der Waals surface area contributed by atoms with E-state index in [1.807, 2.05) is 31.2 Å². The average Bonchev–Trinajstić information content (AvgIpc) is 2.66. The van der Waals surface area contributed by atoms with Gasteiger partial charge in [0, 0.05) is 11.6 Å². The molecule has 2 aromatic carbocycles. The van der Waals surface area contributed by atoms with Crippen molar-refractivity contribution in [1.29, 1.82) is 0 Å². The normalized spacial score (nSPS) is 11.4. The van der Waals surface area contributed by atoms with Gasteiger partial charge < -0.3 is 9.47 Å². The van der Waals surface area contributed by atoms with Crippen LogP contribution in [0.25, 0.3) is 10.9 Å². The van der Waals surface area contributed by atoms with Crippen molar-refractivity contribution in [2.75, 3.05) is 12.9 Å². The largest absolute Gasteiger partial charge is 0.487 e. The lowest BCUT2D eigenvalue weighted by molar-refractivity contribution is 0.0522. The third kappa shape index (κ3) is 4.14. The van der Waals surface area contributed by atoms with Gasteiger partial charge in [-0.2, -0.15) is 0 Å². The number of hydrogen-bond donors (Lipinski definition) is 0. The molecule has 0 saturated heterocycles. The summed E-state index contributed by atoms with van der Waals surface area (Å²) in [4.78, 5) is 17.3. The Morgan fingerprint density at radius 3 is 2.39 bits per heavy atom. The Morgan fingerprint density at radius 2 is 1.75 bits per heavy atom. The van der Waals surface area contributed by atoms with E-state index in [2.05, 4.69) is 4.98 Å². The van der Waals surface area contributed by atoms with Gasteiger partial charge in [-0.25, -0.2) is 18.2 Å². The van der Waals surface area contributed by atoms with Crippen LogP contribution < -0.4 is 4.74 Å². The van der Waals surface area contributed by atoms with Crippen LogP contribution in [-0.4, -0.2) is 32.2 Å². The molecule has 0 fully saturated rings. The molecule has 146 valence electrons. The summed E-state index contributed by atoms with van der Waals surface area (Å²) in [7, 11) is -3.27. The van der Waals surface area contributed by atoms with Gasteiger partial charge in [-0.1, -0.05) is 18.2 Å². The van der Waals surface area contributed by atoms with E-state index in [-0.39, 0.29) is 18.1 Å². The van der Waals surface area contributed by atoms with Crippen LogP contribution in [0.5, 0.6) is 5.75 Å². The minimum Gasteiger partial charge on any atom is -0.487 e. The van der Waals surface area contributed by atoms with Gasteiger partial charge in [-0.15, -0.1) is 0 Å². The van der Waals surface area contributed by atoms with Crippen molar-refractivity contribution in [2.45, 2.75) is 25.3 Å². The molecule has 6 nitrogen and oxygen atoms in total. The van der Waals surface area contributed by atoms with E-state index >= 15 is 0 Å². The lowest BCUT2D eigenvalue weighted by Crippen LogP contribution is -2.14. The fourth-order valence-electron chi connectivity index (χ4n) is 2.95. The quantitative estimate of drug-likeness (QED) is 0.588. The zero-order chi connectivity index (χ0) is 20.3. The maximum absolute atomic E-state index is 12.5. The zero-order valence-corrected chi connectivity index (χ0v) is 16.7. The highest BCUT2D eigenvalue weighted by Crippen LogP contribution is 2.25. The molecule has 0 aliphatic rings. The number of aromatic nitrogens is 1. The van der Waals surface area contributed by atoms with Crippen molar-refractivity contribution in [1.82, 2.24) is 4.98 Å². The fourth-order valence-corrected chi connectivity index (χ4v) is 3.58. The summed E-state index contributed by atoms with van der Waals surface area (Å²) in [5.41, 5.74) is 2.42. The van der Waals surface area contributed by atoms with Gasteiger partial charge in [0.15, 0.2) is 9.84 Å². The summed E-state index contributed by atoms with van der Waals surface area (Å²) in [6.45, 7) is 3.93. The first-order valence-electron chi connectivity index (χ1n) is 8.79. The molecular formula is C21H21NO5S. The van der Waals surface area contributed by atoms with E-state index < -0.39 is 15.8 Å². The molecule has 0 atom stereocenters. The Labute approximate surface area is 164 Å². The second-order valence-electron chi connectivity index (χ2n) is 6.33. The van der Waals surface area contributed by atoms with E-state index in [4.69, 9.17) is 9.47 Å². The Hall–Kier alpha value is -2.93. The highest BCUT2D eigenvalue weighted by Gasteiger charge is 2.20. The molecule has 0 saturated carbocycles. The first-order valence-corrected chi connectivity index (χ1v) is 10.7. The van der Waals surface area contributed by atoms with Crippen molar-refractivity contribution in [3.8, 4) is 5.75 Å². The second kappa shape index (κ2) is 7.98. The van der Waals surface area contributed by atoms with Crippen molar-refractivity contribution < 1.29 is 22.7 Å². The number of sulfone groups is 1. The molecule has 0 spiro atoms. The Balaban J connectivity index is 1.95. The number of carbonyl (C=O) groups is 1. The van der Waals surface area contributed by atoms with E-state index in [1.54, 1.807) is 19.1 Å². The van der Waals surface area contributed by atoms with Gasteiger partial charge >= 0.3 is 5.97 Å². The predicted octanol–water partition coefficient (Wildman–Crippen LogP) is 3.70. The highest BCUT2D eigenvalue weighted by atomic mass is 32.2. The van der Waals surface area contributed by atoms with Crippen molar-refractivity contribution in [3.05, 3.63) is 65.4 Å². The molecule has 0 radical (unpaired) electrons. The van der Waals surface area contributed by atoms with E-state index in [1.165, 1.54) is 12.1 Å². The Kier molecular flexibility index (Phi) is 5.65. The third-order valence-corrected chi connectivity index (χ3v) is 5.46. The van der Waals surface area contributed by atoms with Crippen LogP contribution in [0.1, 0.15) is 28.5 Å². The monoisotopic (exact) mass is 399 g/mol. The molecular weight excluding hydrogens is 378 g/mol. The smallest absolute Gasteiger partial charge is 0.340 e. The van der Waals surface area contributed by atoms with Crippen LogP contribution in [0.4, 0.5) is 0 Å². The van der Waals surface area contributed by atoms with E-state index in [0.717, 1.165) is 22.7 Å². The van der Waals surface area contributed by atoms with E-state index in [0.29, 0.717) is 17.0 Å². The van der Waals surface area contributed by atoms with Crippen LogP contribution in [0.2, 0.25) is 0 Å². The van der Waals surface area contributed by atoms with Gasteiger partial charge in [0.25, 0.3) is 0 Å². The van der Waals surface area contributed by atoms with Crippen LogP contribution in [0.3, 0.4) is 0 Å². The number of fused-ring (bicyclic) bond motifs is 1. The zero-order valence-electron chi connectivity index (χ0n) is 15.9. The molecule has 7 heteroatoms. The summed E-state index contributed by atoms with van der Waals surface area (Å²) in [6, 6.07) is 13.7. The average molecular weight is 399 g/mol. The lowest BCUT2D eigenvalue weighted by Gasteiger charge is -2.14. The number of para-hydroxylation sites is 1. The van der Waals surface area contributed by atoms with Gasteiger partial charge in [0.1, 0.15) is 12.4 Å². The fraction of sp³-hybridized carbons (Fsp3) is 0.238. The SMILES string of the molecule is CCOC(=O)c1c(COc2ccc(S(C)(=O)=O)cc2)nc2ccccc2c1C. The topological polar surface area (TPSA) is 82.6 Å². The Bertz CT molecular complexity index is 1120. The summed E-state index contributed by atoms with van der Waals surface area (Å²) < 4.78 is 34.1. The first kappa shape index (κ1) is 19.8. The number of pyridine rings is 1. The minimum atomic E-state index is -3.27. The molecule has 1 heterocycles. The molecule has 0 unspecified atom stereocenters. The standard InChI is InChI=1S/C21H21NO5S/c1-4-26-21(23)20-14(2)17-7-5-6-8-18(17)22-19(20)13-27-15-9-11-16(12-10-15)28(3,24)25/h5-12H,4,13H2,1-3H3. The molecule has 0 aliphatic heterocycles. The van der Waals surface area contributed by atoms with Gasteiger partial charge in [0.05, 0.1) is 28.3 Å². The highest BCUT2D eigenvalue weighted by molar-refractivity contribution is 7.90. The lowest BCUT2D eigenvalue weighted by atomic mass is 10.0. The van der Waals surface area contributed by atoms with Gasteiger partial charge in [0.2, 0.25) is 0 Å². The number of esters is 1. The van der Waals surface area contributed by atoms with Gasteiger partial charge in [-0.05, 0) is 49.7 Å². The second-order valence-corrected chi connectivity index (χ2v) is 8.34. The third-order valence-electron chi connectivity index (χ3n) is 4.33. The molecule has 3 aromatic rings. The van der Waals surface area contributed by atoms with Crippen LogP contribution in [-0.2, 0) is 21.2 Å². The summed E-state index contributed by atoms with van der Waals surface area (Å²) in [6.07, 6.45) is 1.15.